The van der Waals surface area contributed by atoms with Crippen LogP contribution >= 0.6 is 0 Å². The van der Waals surface area contributed by atoms with Crippen LogP contribution in [0.2, 0.25) is 0 Å². The Hall–Kier alpha value is 2.56. The van der Waals surface area contributed by atoms with Crippen LogP contribution in [0.15, 0.2) is 0 Å². The number of hydrogen-bond donors (Lipinski definition) is 2. The molecule has 0 amide bonds. The minimum atomic E-state index is -1.92. The number of ether oxygens (including phenoxy) is 2. The van der Waals surface area contributed by atoms with Crippen LogP contribution < -0.4 is 0 Å². The Morgan fingerprint density at radius 2 is 1.07 bits per heavy atom. The molecule has 0 aromatic heterocycles. The zero-order valence-electron chi connectivity index (χ0n) is 12.6. The first-order valence-electron chi connectivity index (χ1n) is 1.88. The van der Waals surface area contributed by atoms with Crippen molar-refractivity contribution < 1.29 is 42.6 Å². The van der Waals surface area contributed by atoms with Crippen LogP contribution in [0, 0.1) is 0 Å². The first-order chi connectivity index (χ1) is 4.52. The summed E-state index contributed by atoms with van der Waals surface area (Å²) in [5, 5.41) is 15.4. The predicted octanol–water partition coefficient (Wildman–Crippen LogP) is -2.34. The van der Waals surface area contributed by atoms with Crippen LogP contribution in [0.4, 0.5) is 14.4 Å². The monoisotopic (exact) mass is 320 g/mol. The summed E-state index contributed by atoms with van der Waals surface area (Å²) < 4.78 is 6.47. The molecule has 0 unspecified atom stereocenters. The number of carbonyl (C=O) groups excluding carboxylic acids is 1. The van der Waals surface area contributed by atoms with Gasteiger partial charge in [-0.15, -0.1) is 0 Å². The molecule has 0 saturated carbocycles. The van der Waals surface area contributed by atoms with Crippen molar-refractivity contribution in [3.8, 4) is 0 Å². The number of carbonyl (C=O) groups is 3. The van der Waals surface area contributed by atoms with Crippen LogP contribution in [0.5, 0.6) is 0 Å². The molecular formula is C3H14Al2Ca2MgO7. The van der Waals surface area contributed by atoms with Gasteiger partial charge in [-0.3, -0.25) is 0 Å². The minimum Gasteiger partial charge on any atom is -1.00 e. The molecule has 0 atom stereocenters. The van der Waals surface area contributed by atoms with E-state index in [4.69, 9.17) is 10.2 Å². The van der Waals surface area contributed by atoms with Gasteiger partial charge in [0.2, 0.25) is 0 Å². The van der Waals surface area contributed by atoms with Crippen LogP contribution in [-0.2, 0) is 9.47 Å². The zero-order valence-corrected chi connectivity index (χ0v) is 12.4. The van der Waals surface area contributed by atoms with Crippen molar-refractivity contribution in [3.05, 3.63) is 0 Å². The van der Waals surface area contributed by atoms with Gasteiger partial charge in [0.1, 0.15) is 0 Å². The molecule has 0 aromatic carbocycles. The second kappa shape index (κ2) is 21.8. The molecule has 2 N–H and O–H groups in total. The molecule has 0 aliphatic heterocycles. The maximum Gasteiger partial charge on any atom is 2.00 e. The molecule has 0 fully saturated rings. The van der Waals surface area contributed by atoms with Crippen LogP contribution in [0.3, 0.4) is 0 Å². The summed E-state index contributed by atoms with van der Waals surface area (Å²) in [6.07, 6.45) is -5.64. The first-order valence-corrected chi connectivity index (χ1v) is 1.88. The molecule has 0 heterocycles. The molecule has 0 aliphatic carbocycles. The quantitative estimate of drug-likeness (QED) is 0.292. The summed E-state index contributed by atoms with van der Waals surface area (Å²) in [5.41, 5.74) is 0. The van der Waals surface area contributed by atoms with E-state index in [9.17, 15) is 14.4 Å². The Morgan fingerprint density at radius 3 is 1.20 bits per heavy atom. The molecular weight excluding hydrogens is 306 g/mol. The van der Waals surface area contributed by atoms with Gasteiger partial charge in [-0.25, -0.2) is 14.4 Å². The van der Waals surface area contributed by atoms with Crippen LogP contribution in [-0.4, -0.2) is 162 Å². The number of hydrogen-bond acceptors (Lipinski definition) is 5. The molecule has 0 bridgehead atoms. The van der Waals surface area contributed by atoms with Crippen molar-refractivity contribution in [3.63, 3.8) is 0 Å². The van der Waals surface area contributed by atoms with Gasteiger partial charge in [0, 0.05) is 0 Å². The summed E-state index contributed by atoms with van der Waals surface area (Å²) in [7, 11) is 0. The summed E-state index contributed by atoms with van der Waals surface area (Å²) >= 11 is 0. The fraction of sp³-hybridized carbons (Fsp3) is 0. The van der Waals surface area contributed by atoms with E-state index in [0.29, 0.717) is 0 Å². The van der Waals surface area contributed by atoms with Crippen LogP contribution in [0.1, 0.15) is 8.56 Å². The van der Waals surface area contributed by atoms with Gasteiger partial charge in [0.15, 0.2) is 34.7 Å². The average molecular weight is 321 g/mol. The zero-order chi connectivity index (χ0) is 8.15. The topological polar surface area (TPSA) is 110 Å². The molecule has 0 rings (SSSR count). The third-order valence-corrected chi connectivity index (χ3v) is 0.341. The van der Waals surface area contributed by atoms with E-state index in [-0.39, 0.29) is 142 Å². The molecule has 0 spiro atoms. The molecule has 0 aliphatic rings. The molecule has 15 heavy (non-hydrogen) atoms. The largest absolute Gasteiger partial charge is 2.00 e. The Morgan fingerprint density at radius 1 is 0.867 bits per heavy atom. The fourth-order valence-electron chi connectivity index (χ4n) is 0.163. The number of carboxylic acid groups (broad SMARTS) is 2. The van der Waals surface area contributed by atoms with E-state index in [1.54, 1.807) is 0 Å². The average Bonchev–Trinajstić information content (AvgIpc) is 1.58. The Balaban J connectivity index is -0.00000000736. The normalized spacial score (nSPS) is 5.33. The van der Waals surface area contributed by atoms with Crippen molar-refractivity contribution >= 4 is 152 Å². The molecule has 0 radical (unpaired) electrons. The standard InChI is InChI=1S/C3H2O7.2Al.2Ca.Mg.12H/c4-1(5)9-3(8)10-2(6)7;;;;;;;;;;;;;;;;;/h(H,4,5)(H,6,7);;;;;;;;;;;;;;;;;/q;;;3*+2;;;;;;;6*-1. The van der Waals surface area contributed by atoms with E-state index in [0.717, 1.165) is 0 Å². The second-order valence-electron chi connectivity index (χ2n) is 0.986. The Bertz CT molecular complexity index is 191. The molecule has 80 valence electrons. The summed E-state index contributed by atoms with van der Waals surface area (Å²) in [5.74, 6) is 0. The van der Waals surface area contributed by atoms with E-state index in [1.165, 1.54) is 0 Å². The minimum absolute atomic E-state index is 0. The van der Waals surface area contributed by atoms with Crippen molar-refractivity contribution in [1.29, 1.82) is 0 Å². The summed E-state index contributed by atoms with van der Waals surface area (Å²) in [6, 6.07) is 0. The fourth-order valence-corrected chi connectivity index (χ4v) is 0.163. The molecule has 0 saturated heterocycles. The van der Waals surface area contributed by atoms with E-state index >= 15 is 0 Å². The van der Waals surface area contributed by atoms with Gasteiger partial charge in [-0.1, -0.05) is 0 Å². The van der Waals surface area contributed by atoms with Crippen molar-refractivity contribution in [2.24, 2.45) is 0 Å². The van der Waals surface area contributed by atoms with Gasteiger partial charge < -0.3 is 28.2 Å². The third kappa shape index (κ3) is 31.5. The van der Waals surface area contributed by atoms with Gasteiger partial charge in [-0.05, 0) is 0 Å². The van der Waals surface area contributed by atoms with Crippen LogP contribution in [0.25, 0.3) is 0 Å². The van der Waals surface area contributed by atoms with Gasteiger partial charge in [-0.2, -0.15) is 0 Å². The van der Waals surface area contributed by atoms with E-state index in [1.807, 2.05) is 0 Å². The van der Waals surface area contributed by atoms with Gasteiger partial charge in [0.05, 0.1) is 0 Å². The maximum atomic E-state index is 9.86. The smallest absolute Gasteiger partial charge is 1.00 e. The predicted molar refractivity (Wildman–Crippen MR) is 67.4 cm³/mol. The Kier molecular flexibility index (Phi) is 52.4. The summed E-state index contributed by atoms with van der Waals surface area (Å²) in [4.78, 5) is 28.8. The van der Waals surface area contributed by atoms with Gasteiger partial charge >= 0.3 is 117 Å². The van der Waals surface area contributed by atoms with E-state index in [2.05, 4.69) is 9.47 Å². The third-order valence-electron chi connectivity index (χ3n) is 0.341. The van der Waals surface area contributed by atoms with Crippen molar-refractivity contribution in [2.75, 3.05) is 0 Å². The van der Waals surface area contributed by atoms with E-state index < -0.39 is 18.5 Å². The number of rotatable bonds is 0. The maximum absolute atomic E-state index is 9.86. The first kappa shape index (κ1) is 36.0. The second-order valence-corrected chi connectivity index (χ2v) is 0.986. The SMILES string of the molecule is O=C(O)OC(=O)OC(=O)O.[AlH3].[AlH3].[Ca+2].[Ca+2].[H-].[H-].[H-].[H-].[H-].[H-].[Mg+2]. The molecule has 7 nitrogen and oxygen atoms in total. The summed E-state index contributed by atoms with van der Waals surface area (Å²) in [6.45, 7) is 0. The molecule has 0 aromatic rings. The van der Waals surface area contributed by atoms with Crippen molar-refractivity contribution in [2.45, 2.75) is 0 Å². The van der Waals surface area contributed by atoms with Gasteiger partial charge in [0.25, 0.3) is 0 Å². The molecule has 12 heteroatoms. The van der Waals surface area contributed by atoms with Crippen molar-refractivity contribution in [1.82, 2.24) is 0 Å². The Labute approximate surface area is 191 Å².